The van der Waals surface area contributed by atoms with Crippen LogP contribution in [0.2, 0.25) is 5.02 Å². The number of hydrogen-bond donors (Lipinski definition) is 2. The van der Waals surface area contributed by atoms with Crippen LogP contribution in [0.4, 0.5) is 5.82 Å². The van der Waals surface area contributed by atoms with Gasteiger partial charge in [0.1, 0.15) is 5.82 Å². The number of aromatic nitrogens is 1. The predicted molar refractivity (Wildman–Crippen MR) is 144 cm³/mol. The number of benzene rings is 1. The molecule has 174 valence electrons. The molecule has 3 heterocycles. The third-order valence-corrected chi connectivity index (χ3v) is 6.42. The van der Waals surface area contributed by atoms with Gasteiger partial charge < -0.3 is 15.5 Å². The third-order valence-electron chi connectivity index (χ3n) is 6.13. The molecule has 2 N–H and O–H groups in total. The first-order chi connectivity index (χ1) is 15.2. The second kappa shape index (κ2) is 12.6. The van der Waals surface area contributed by atoms with E-state index in [0.29, 0.717) is 11.1 Å². The average molecular weight is 569 g/mol. The highest BCUT2D eigenvalue weighted by atomic mass is 127. The van der Waals surface area contributed by atoms with Crippen LogP contribution in [-0.2, 0) is 13.1 Å². The van der Waals surface area contributed by atoms with Gasteiger partial charge in [0.25, 0.3) is 0 Å². The summed E-state index contributed by atoms with van der Waals surface area (Å²) in [6.07, 6.45) is 6.87. The van der Waals surface area contributed by atoms with Gasteiger partial charge in [0, 0.05) is 45.5 Å². The van der Waals surface area contributed by atoms with E-state index in [4.69, 9.17) is 11.6 Å². The van der Waals surface area contributed by atoms with Crippen LogP contribution in [0.1, 0.15) is 36.8 Å². The molecule has 1 aromatic carbocycles. The topological polar surface area (TPSA) is 55.8 Å². The highest BCUT2D eigenvalue weighted by Crippen LogP contribution is 2.25. The van der Waals surface area contributed by atoms with Gasteiger partial charge in [-0.25, -0.2) is 4.98 Å². The van der Waals surface area contributed by atoms with Crippen molar-refractivity contribution in [3.8, 4) is 0 Å². The fourth-order valence-electron chi connectivity index (χ4n) is 4.39. The number of rotatable bonds is 6. The Labute approximate surface area is 213 Å². The van der Waals surface area contributed by atoms with Crippen molar-refractivity contribution in [2.24, 2.45) is 4.99 Å². The predicted octanol–water partition coefficient (Wildman–Crippen LogP) is 4.28. The Balaban J connectivity index is 0.00000289. The fourth-order valence-corrected chi connectivity index (χ4v) is 4.63. The zero-order valence-corrected chi connectivity index (χ0v) is 21.9. The molecule has 1 aromatic heterocycles. The van der Waals surface area contributed by atoms with Gasteiger partial charge in [-0.2, -0.15) is 0 Å². The Morgan fingerprint density at radius 3 is 2.56 bits per heavy atom. The number of nitrogens with zero attached hydrogens (tertiary/aromatic N) is 4. The molecule has 32 heavy (non-hydrogen) atoms. The first-order valence-electron chi connectivity index (χ1n) is 11.3. The van der Waals surface area contributed by atoms with Crippen LogP contribution in [-0.4, -0.2) is 55.1 Å². The summed E-state index contributed by atoms with van der Waals surface area (Å²) in [4.78, 5) is 13.6. The summed E-state index contributed by atoms with van der Waals surface area (Å²) < 4.78 is 0. The molecule has 0 radical (unpaired) electrons. The summed E-state index contributed by atoms with van der Waals surface area (Å²) in [6.45, 7) is 6.08. The average Bonchev–Trinajstić information content (AvgIpc) is 3.27. The lowest BCUT2D eigenvalue weighted by Gasteiger charge is -2.26. The van der Waals surface area contributed by atoms with Crippen molar-refractivity contribution >= 4 is 47.4 Å². The molecule has 0 saturated carbocycles. The van der Waals surface area contributed by atoms with Crippen LogP contribution in [0.5, 0.6) is 0 Å². The highest BCUT2D eigenvalue weighted by Gasteiger charge is 2.25. The lowest BCUT2D eigenvalue weighted by atomic mass is 10.1. The summed E-state index contributed by atoms with van der Waals surface area (Å²) in [6, 6.07) is 13.0. The standard InChI is InChI=1S/C24H33ClN6.HI/c1-26-24(29-21-11-15-31(18-21)23-22(25)6-5-12-27-23)28-16-19-7-9-20(10-8-19)17-30-13-3-2-4-14-30;/h5-10,12,21H,2-4,11,13-18H2,1H3,(H2,26,28,29);1H. The Hall–Kier alpha value is -1.58. The first kappa shape index (κ1) is 25.1. The van der Waals surface area contributed by atoms with Crippen LogP contribution >= 0.6 is 35.6 Å². The van der Waals surface area contributed by atoms with Gasteiger partial charge in [-0.15, -0.1) is 24.0 Å². The van der Waals surface area contributed by atoms with Crippen molar-refractivity contribution < 1.29 is 0 Å². The maximum Gasteiger partial charge on any atom is 0.191 e. The number of anilines is 1. The number of halogens is 2. The lowest BCUT2D eigenvalue weighted by molar-refractivity contribution is 0.221. The molecule has 0 amide bonds. The molecule has 1 atom stereocenters. The van der Waals surface area contributed by atoms with Crippen molar-refractivity contribution in [2.45, 2.75) is 44.8 Å². The van der Waals surface area contributed by atoms with Gasteiger partial charge in [0.2, 0.25) is 0 Å². The minimum atomic E-state index is 0. The maximum atomic E-state index is 6.30. The molecular weight excluding hydrogens is 535 g/mol. The molecular formula is C24H34ClIN6. The Morgan fingerprint density at radius 2 is 1.84 bits per heavy atom. The molecule has 4 rings (SSSR count). The lowest BCUT2D eigenvalue weighted by Crippen LogP contribution is -2.44. The van der Waals surface area contributed by atoms with Crippen LogP contribution in [0, 0.1) is 0 Å². The van der Waals surface area contributed by atoms with E-state index in [2.05, 4.69) is 54.7 Å². The van der Waals surface area contributed by atoms with Crippen molar-refractivity contribution in [3.63, 3.8) is 0 Å². The van der Waals surface area contributed by atoms with E-state index in [1.165, 1.54) is 43.5 Å². The summed E-state index contributed by atoms with van der Waals surface area (Å²) >= 11 is 6.30. The second-order valence-corrected chi connectivity index (χ2v) is 8.87. The number of pyridine rings is 1. The summed E-state index contributed by atoms with van der Waals surface area (Å²) in [7, 11) is 1.82. The summed E-state index contributed by atoms with van der Waals surface area (Å²) in [5.41, 5.74) is 2.66. The Kier molecular flexibility index (Phi) is 9.87. The maximum absolute atomic E-state index is 6.30. The van der Waals surface area contributed by atoms with Gasteiger partial charge in [-0.1, -0.05) is 42.3 Å². The molecule has 2 aromatic rings. The molecule has 2 aliphatic rings. The number of guanidine groups is 1. The van der Waals surface area contributed by atoms with E-state index >= 15 is 0 Å². The van der Waals surface area contributed by atoms with Crippen molar-refractivity contribution in [1.29, 1.82) is 0 Å². The van der Waals surface area contributed by atoms with Crippen molar-refractivity contribution in [1.82, 2.24) is 20.5 Å². The van der Waals surface area contributed by atoms with E-state index in [1.54, 1.807) is 6.20 Å². The highest BCUT2D eigenvalue weighted by molar-refractivity contribution is 14.0. The SMILES string of the molecule is CN=C(NCc1ccc(CN2CCCCC2)cc1)NC1CCN(c2ncccc2Cl)C1.I. The van der Waals surface area contributed by atoms with Crippen LogP contribution in [0.15, 0.2) is 47.6 Å². The zero-order valence-electron chi connectivity index (χ0n) is 18.8. The van der Waals surface area contributed by atoms with Gasteiger partial charge in [-0.3, -0.25) is 9.89 Å². The number of nitrogens with one attached hydrogen (secondary N) is 2. The molecule has 2 saturated heterocycles. The number of hydrogen-bond acceptors (Lipinski definition) is 4. The van der Waals surface area contributed by atoms with E-state index in [1.807, 2.05) is 19.2 Å². The smallest absolute Gasteiger partial charge is 0.191 e. The van der Waals surface area contributed by atoms with Crippen LogP contribution in [0.3, 0.4) is 0 Å². The molecule has 0 aliphatic carbocycles. The van der Waals surface area contributed by atoms with E-state index in [9.17, 15) is 0 Å². The van der Waals surface area contributed by atoms with Crippen molar-refractivity contribution in [3.05, 3.63) is 58.7 Å². The third kappa shape index (κ3) is 6.96. The quantitative estimate of drug-likeness (QED) is 0.310. The van der Waals surface area contributed by atoms with Gasteiger partial charge >= 0.3 is 0 Å². The van der Waals surface area contributed by atoms with Gasteiger partial charge in [0.05, 0.1) is 5.02 Å². The fraction of sp³-hybridized carbons (Fsp3) is 0.500. The van der Waals surface area contributed by atoms with E-state index < -0.39 is 0 Å². The molecule has 2 aliphatic heterocycles. The molecule has 8 heteroatoms. The Bertz CT molecular complexity index is 869. The molecule has 0 spiro atoms. The molecule has 6 nitrogen and oxygen atoms in total. The molecule has 2 fully saturated rings. The van der Waals surface area contributed by atoms with E-state index in [0.717, 1.165) is 44.4 Å². The van der Waals surface area contributed by atoms with Gasteiger partial charge in [-0.05, 0) is 55.6 Å². The first-order valence-corrected chi connectivity index (χ1v) is 11.7. The van der Waals surface area contributed by atoms with Crippen LogP contribution in [0.25, 0.3) is 0 Å². The van der Waals surface area contributed by atoms with E-state index in [-0.39, 0.29) is 24.0 Å². The Morgan fingerprint density at radius 1 is 1.09 bits per heavy atom. The number of likely N-dealkylation sites (tertiary alicyclic amines) is 1. The van der Waals surface area contributed by atoms with Crippen molar-refractivity contribution in [2.75, 3.05) is 38.1 Å². The number of piperidine rings is 1. The second-order valence-electron chi connectivity index (χ2n) is 8.46. The monoisotopic (exact) mass is 568 g/mol. The minimum absolute atomic E-state index is 0. The number of aliphatic imine (C=N–C) groups is 1. The summed E-state index contributed by atoms with van der Waals surface area (Å²) in [5.74, 6) is 1.69. The largest absolute Gasteiger partial charge is 0.353 e. The molecule has 1 unspecified atom stereocenters. The normalized spacial score (nSPS) is 19.5. The minimum Gasteiger partial charge on any atom is -0.353 e. The molecule has 0 bridgehead atoms. The zero-order chi connectivity index (χ0) is 21.5. The van der Waals surface area contributed by atoms with Crippen LogP contribution < -0.4 is 15.5 Å². The van der Waals surface area contributed by atoms with Gasteiger partial charge in [0.15, 0.2) is 5.96 Å². The summed E-state index contributed by atoms with van der Waals surface area (Å²) in [5, 5.41) is 7.69.